The highest BCUT2D eigenvalue weighted by atomic mass is 79.9. The average molecular weight is 386 g/mol. The van der Waals surface area contributed by atoms with Gasteiger partial charge in [-0.15, -0.1) is 12.4 Å². The molecule has 22 heavy (non-hydrogen) atoms. The number of hydrogen-bond donors (Lipinski definition) is 3. The van der Waals surface area contributed by atoms with E-state index in [-0.39, 0.29) is 24.4 Å². The molecule has 2 aromatic rings. The zero-order chi connectivity index (χ0) is 14.7. The lowest BCUT2D eigenvalue weighted by Crippen LogP contribution is -2.45. The molecule has 1 amide bonds. The molecule has 3 rings (SSSR count). The van der Waals surface area contributed by atoms with Gasteiger partial charge in [-0.3, -0.25) is 9.89 Å². The lowest BCUT2D eigenvalue weighted by molar-refractivity contribution is 0.0925. The van der Waals surface area contributed by atoms with Gasteiger partial charge < -0.3 is 10.6 Å². The van der Waals surface area contributed by atoms with E-state index >= 15 is 0 Å². The Kier molecular flexibility index (Phi) is 5.99. The van der Waals surface area contributed by atoms with Crippen molar-refractivity contribution in [3.05, 3.63) is 40.5 Å². The van der Waals surface area contributed by atoms with E-state index < -0.39 is 0 Å². The summed E-state index contributed by atoms with van der Waals surface area (Å²) < 4.78 is 0.704. The fourth-order valence-corrected chi connectivity index (χ4v) is 3.08. The number of rotatable bonds is 3. The predicted molar refractivity (Wildman–Crippen MR) is 92.3 cm³/mol. The number of nitrogens with one attached hydrogen (secondary N) is 3. The lowest BCUT2D eigenvalue weighted by atomic mass is 10.1. The van der Waals surface area contributed by atoms with Crippen LogP contribution >= 0.6 is 28.3 Å². The zero-order valence-corrected chi connectivity index (χ0v) is 14.3. The molecule has 2 heterocycles. The van der Waals surface area contributed by atoms with Crippen LogP contribution in [-0.4, -0.2) is 35.2 Å². The summed E-state index contributed by atoms with van der Waals surface area (Å²) in [5.41, 5.74) is 2.20. The number of aromatic nitrogens is 2. The number of H-pyrrole nitrogens is 1. The number of halogens is 2. The zero-order valence-electron chi connectivity index (χ0n) is 11.9. The molecule has 1 aliphatic rings. The van der Waals surface area contributed by atoms with Crippen molar-refractivity contribution in [2.24, 2.45) is 0 Å². The molecule has 1 aromatic heterocycles. The maximum atomic E-state index is 12.3. The van der Waals surface area contributed by atoms with Crippen LogP contribution in [0.4, 0.5) is 0 Å². The minimum atomic E-state index is -0.120. The highest BCUT2D eigenvalue weighted by Crippen LogP contribution is 2.28. The van der Waals surface area contributed by atoms with Crippen LogP contribution in [0.2, 0.25) is 0 Å². The third-order valence-electron chi connectivity index (χ3n) is 3.61. The molecule has 0 spiro atoms. The lowest BCUT2D eigenvalue weighted by Gasteiger charge is -2.23. The van der Waals surface area contributed by atoms with E-state index in [4.69, 9.17) is 0 Å². The Labute approximate surface area is 143 Å². The molecule has 3 N–H and O–H groups in total. The third kappa shape index (κ3) is 3.69. The second kappa shape index (κ2) is 7.76. The Balaban J connectivity index is 0.00000176. The maximum absolute atomic E-state index is 12.3. The summed E-state index contributed by atoms with van der Waals surface area (Å²) in [6, 6.07) is 9.96. The molecule has 118 valence electrons. The number of amides is 1. The van der Waals surface area contributed by atoms with Crippen molar-refractivity contribution in [2.75, 3.05) is 13.1 Å². The van der Waals surface area contributed by atoms with E-state index in [0.717, 1.165) is 37.2 Å². The van der Waals surface area contributed by atoms with Gasteiger partial charge in [-0.1, -0.05) is 30.3 Å². The molecule has 1 atom stereocenters. The third-order valence-corrected chi connectivity index (χ3v) is 4.39. The molecule has 0 aliphatic carbocycles. The first-order chi connectivity index (χ1) is 10.3. The maximum Gasteiger partial charge on any atom is 0.270 e. The number of piperidine rings is 1. The number of carbonyl (C=O) groups excluding carboxylic acids is 1. The van der Waals surface area contributed by atoms with Crippen molar-refractivity contribution in [1.82, 2.24) is 20.8 Å². The SMILES string of the molecule is Cl.O=C(NC1CCCNC1)c1[nH]nc(-c2ccccc2)c1Br. The molecule has 5 nitrogen and oxygen atoms in total. The van der Waals surface area contributed by atoms with Crippen molar-refractivity contribution in [3.63, 3.8) is 0 Å². The Bertz CT molecular complexity index is 626. The van der Waals surface area contributed by atoms with E-state index in [1.54, 1.807) is 0 Å². The van der Waals surface area contributed by atoms with Crippen LogP contribution in [0.3, 0.4) is 0 Å². The van der Waals surface area contributed by atoms with Gasteiger partial charge in [0.25, 0.3) is 5.91 Å². The smallest absolute Gasteiger partial charge is 0.270 e. The Morgan fingerprint density at radius 1 is 1.32 bits per heavy atom. The van der Waals surface area contributed by atoms with Gasteiger partial charge in [-0.25, -0.2) is 0 Å². The fourth-order valence-electron chi connectivity index (χ4n) is 2.50. The summed E-state index contributed by atoms with van der Waals surface area (Å²) in [6.45, 7) is 1.85. The van der Waals surface area contributed by atoms with Gasteiger partial charge >= 0.3 is 0 Å². The van der Waals surface area contributed by atoms with Crippen LogP contribution in [-0.2, 0) is 0 Å². The Morgan fingerprint density at radius 2 is 2.09 bits per heavy atom. The van der Waals surface area contributed by atoms with Crippen LogP contribution in [0.25, 0.3) is 11.3 Å². The summed E-state index contributed by atoms with van der Waals surface area (Å²) in [5.74, 6) is -0.120. The van der Waals surface area contributed by atoms with Gasteiger partial charge in [0, 0.05) is 18.2 Å². The van der Waals surface area contributed by atoms with Gasteiger partial charge in [0.05, 0.1) is 4.47 Å². The van der Waals surface area contributed by atoms with Crippen molar-refractivity contribution in [1.29, 1.82) is 0 Å². The van der Waals surface area contributed by atoms with Crippen LogP contribution in [0.15, 0.2) is 34.8 Å². The first-order valence-electron chi connectivity index (χ1n) is 7.06. The van der Waals surface area contributed by atoms with Gasteiger partial charge in [0.1, 0.15) is 11.4 Å². The minimum Gasteiger partial charge on any atom is -0.347 e. The van der Waals surface area contributed by atoms with Gasteiger partial charge in [0.15, 0.2) is 0 Å². The summed E-state index contributed by atoms with van der Waals surface area (Å²) in [5, 5.41) is 13.4. The first kappa shape index (κ1) is 17.0. The molecule has 1 fully saturated rings. The highest BCUT2D eigenvalue weighted by Gasteiger charge is 2.21. The predicted octanol–water partition coefficient (Wildman–Crippen LogP) is 2.74. The highest BCUT2D eigenvalue weighted by molar-refractivity contribution is 9.10. The van der Waals surface area contributed by atoms with Gasteiger partial charge in [0.2, 0.25) is 0 Å². The van der Waals surface area contributed by atoms with Crippen molar-refractivity contribution >= 4 is 34.2 Å². The summed E-state index contributed by atoms with van der Waals surface area (Å²) >= 11 is 3.48. The standard InChI is InChI=1S/C15H17BrN4O.ClH/c16-12-13(10-5-2-1-3-6-10)19-20-14(12)15(21)18-11-7-4-8-17-9-11;/h1-3,5-6,11,17H,4,7-9H2,(H,18,21)(H,19,20);1H. The second-order valence-corrected chi connectivity index (χ2v) is 5.94. The van der Waals surface area contributed by atoms with Crippen LogP contribution in [0, 0.1) is 0 Å². The number of carbonyl (C=O) groups is 1. The Hall–Kier alpha value is -1.37. The molecule has 0 radical (unpaired) electrons. The van der Waals surface area contributed by atoms with E-state index in [9.17, 15) is 4.79 Å². The van der Waals surface area contributed by atoms with Crippen LogP contribution in [0.1, 0.15) is 23.3 Å². The van der Waals surface area contributed by atoms with Crippen molar-refractivity contribution < 1.29 is 4.79 Å². The summed E-state index contributed by atoms with van der Waals surface area (Å²) in [7, 11) is 0. The summed E-state index contributed by atoms with van der Waals surface area (Å²) in [6.07, 6.45) is 2.10. The van der Waals surface area contributed by atoms with E-state index in [0.29, 0.717) is 10.2 Å². The van der Waals surface area contributed by atoms with E-state index in [2.05, 4.69) is 36.8 Å². The number of hydrogen-bond acceptors (Lipinski definition) is 3. The normalized spacial score (nSPS) is 17.6. The monoisotopic (exact) mass is 384 g/mol. The molecular formula is C15H18BrClN4O. The second-order valence-electron chi connectivity index (χ2n) is 5.14. The van der Waals surface area contributed by atoms with Crippen molar-refractivity contribution in [2.45, 2.75) is 18.9 Å². The van der Waals surface area contributed by atoms with Crippen molar-refractivity contribution in [3.8, 4) is 11.3 Å². The number of aromatic amines is 1. The molecule has 1 saturated heterocycles. The van der Waals surface area contributed by atoms with E-state index in [1.807, 2.05) is 30.3 Å². The largest absolute Gasteiger partial charge is 0.347 e. The minimum absolute atomic E-state index is 0. The number of benzene rings is 1. The van der Waals surface area contributed by atoms with Gasteiger partial charge in [-0.05, 0) is 35.3 Å². The first-order valence-corrected chi connectivity index (χ1v) is 7.86. The number of nitrogens with zero attached hydrogens (tertiary/aromatic N) is 1. The molecule has 1 aliphatic heterocycles. The quantitative estimate of drug-likeness (QED) is 0.761. The molecule has 1 unspecified atom stereocenters. The summed E-state index contributed by atoms with van der Waals surface area (Å²) in [4.78, 5) is 12.3. The average Bonchev–Trinajstić information content (AvgIpc) is 2.91. The van der Waals surface area contributed by atoms with Gasteiger partial charge in [-0.2, -0.15) is 5.10 Å². The molecule has 7 heteroatoms. The fraction of sp³-hybridized carbons (Fsp3) is 0.333. The topological polar surface area (TPSA) is 69.8 Å². The molecule has 0 bridgehead atoms. The van der Waals surface area contributed by atoms with Crippen LogP contribution < -0.4 is 10.6 Å². The molecule has 0 saturated carbocycles. The van der Waals surface area contributed by atoms with E-state index in [1.165, 1.54) is 0 Å². The molecular weight excluding hydrogens is 368 g/mol. The Morgan fingerprint density at radius 3 is 2.77 bits per heavy atom. The molecule has 1 aromatic carbocycles. The van der Waals surface area contributed by atoms with Crippen LogP contribution in [0.5, 0.6) is 0 Å².